The Morgan fingerprint density at radius 3 is 2.15 bits per heavy atom. The Labute approximate surface area is 157 Å². The molecule has 0 saturated heterocycles. The van der Waals surface area contributed by atoms with Crippen LogP contribution in [0.2, 0.25) is 5.02 Å². The van der Waals surface area contributed by atoms with E-state index in [9.17, 15) is 26.4 Å². The summed E-state index contributed by atoms with van der Waals surface area (Å²) in [6.07, 6.45) is -4.54. The van der Waals surface area contributed by atoms with E-state index in [4.69, 9.17) is 17.3 Å². The first kappa shape index (κ1) is 20.7. The Bertz CT molecular complexity index is 957. The third-order valence-corrected chi connectivity index (χ3v) is 5.12. The molecule has 2 aromatic carbocycles. The highest BCUT2D eigenvalue weighted by molar-refractivity contribution is 7.92. The minimum atomic E-state index is -4.54. The summed E-state index contributed by atoms with van der Waals surface area (Å²) < 4.78 is 61.7. The van der Waals surface area contributed by atoms with E-state index in [2.05, 4.69) is 9.99 Å². The van der Waals surface area contributed by atoms with Gasteiger partial charge in [0.25, 0.3) is 0 Å². The molecule has 0 heterocycles. The summed E-state index contributed by atoms with van der Waals surface area (Å²) in [4.78, 5) is 16.2. The molecule has 27 heavy (non-hydrogen) atoms. The molecule has 0 atom stereocenters. The van der Waals surface area contributed by atoms with Crippen molar-refractivity contribution in [1.82, 2.24) is 0 Å². The first-order valence-corrected chi connectivity index (χ1v) is 9.21. The number of rotatable bonds is 5. The van der Waals surface area contributed by atoms with E-state index in [1.54, 1.807) is 0 Å². The van der Waals surface area contributed by atoms with Gasteiger partial charge in [-0.3, -0.25) is 0 Å². The lowest BCUT2D eigenvalue weighted by Gasteiger charge is -2.06. The zero-order valence-corrected chi connectivity index (χ0v) is 15.0. The van der Waals surface area contributed by atoms with Crippen LogP contribution in [-0.4, -0.2) is 26.0 Å². The largest absolute Gasteiger partial charge is 0.416 e. The number of amidine groups is 1. The van der Waals surface area contributed by atoms with Crippen molar-refractivity contribution in [2.24, 2.45) is 10.9 Å². The van der Waals surface area contributed by atoms with Crippen LogP contribution in [0.15, 0.2) is 58.6 Å². The lowest BCUT2D eigenvalue weighted by molar-refractivity contribution is -0.137. The quantitative estimate of drug-likeness (QED) is 0.346. The average Bonchev–Trinajstić information content (AvgIpc) is 2.59. The maximum Gasteiger partial charge on any atom is 0.416 e. The van der Waals surface area contributed by atoms with E-state index in [0.29, 0.717) is 17.2 Å². The molecule has 0 fully saturated rings. The Morgan fingerprint density at radius 1 is 1.07 bits per heavy atom. The molecule has 0 radical (unpaired) electrons. The monoisotopic (exact) mass is 420 g/mol. The van der Waals surface area contributed by atoms with Crippen LogP contribution in [0.4, 0.5) is 13.2 Å². The van der Waals surface area contributed by atoms with Gasteiger partial charge in [-0.25, -0.2) is 13.2 Å². The number of sulfone groups is 1. The molecule has 2 rings (SSSR count). The predicted molar refractivity (Wildman–Crippen MR) is 92.0 cm³/mol. The third kappa shape index (κ3) is 5.69. The van der Waals surface area contributed by atoms with Crippen LogP contribution in [0.1, 0.15) is 15.9 Å². The summed E-state index contributed by atoms with van der Waals surface area (Å²) in [6.45, 7) is 0. The molecule has 144 valence electrons. The van der Waals surface area contributed by atoms with E-state index in [1.807, 2.05) is 0 Å². The molecular formula is C16H12ClF3N2O4S. The molecule has 2 N–H and O–H groups in total. The number of hydrogen-bond acceptors (Lipinski definition) is 5. The Morgan fingerprint density at radius 2 is 1.63 bits per heavy atom. The Balaban J connectivity index is 2.04. The van der Waals surface area contributed by atoms with E-state index in [1.165, 1.54) is 24.3 Å². The van der Waals surface area contributed by atoms with Crippen LogP contribution in [0.25, 0.3) is 0 Å². The van der Waals surface area contributed by atoms with Crippen molar-refractivity contribution in [3.05, 3.63) is 64.7 Å². The van der Waals surface area contributed by atoms with Gasteiger partial charge in [0, 0.05) is 5.02 Å². The molecule has 0 aromatic heterocycles. The summed E-state index contributed by atoms with van der Waals surface area (Å²) in [5.41, 5.74) is 4.31. The van der Waals surface area contributed by atoms with Crippen molar-refractivity contribution in [3.63, 3.8) is 0 Å². The molecule has 6 nitrogen and oxygen atoms in total. The number of benzene rings is 2. The van der Waals surface area contributed by atoms with Crippen molar-refractivity contribution in [1.29, 1.82) is 0 Å². The molecular weight excluding hydrogens is 409 g/mol. The first-order valence-electron chi connectivity index (χ1n) is 7.18. The zero-order valence-electron chi connectivity index (χ0n) is 13.4. The molecule has 0 spiro atoms. The van der Waals surface area contributed by atoms with Gasteiger partial charge in [-0.1, -0.05) is 16.8 Å². The molecule has 0 bridgehead atoms. The van der Waals surface area contributed by atoms with Crippen LogP contribution in [-0.2, 0) is 20.9 Å². The normalized spacial score (nSPS) is 12.7. The summed E-state index contributed by atoms with van der Waals surface area (Å²) >= 11 is 5.68. The van der Waals surface area contributed by atoms with Crippen molar-refractivity contribution in [2.45, 2.75) is 11.1 Å². The second-order valence-corrected chi connectivity index (χ2v) is 7.68. The van der Waals surface area contributed by atoms with E-state index < -0.39 is 39.1 Å². The lowest BCUT2D eigenvalue weighted by atomic mass is 10.1. The molecule has 2 aromatic rings. The Hall–Kier alpha value is -2.59. The summed E-state index contributed by atoms with van der Waals surface area (Å²) in [5.74, 6) is -2.32. The zero-order chi connectivity index (χ0) is 20.2. The summed E-state index contributed by atoms with van der Waals surface area (Å²) in [6, 6.07) is 8.53. The van der Waals surface area contributed by atoms with Crippen LogP contribution >= 0.6 is 11.6 Å². The van der Waals surface area contributed by atoms with E-state index in [-0.39, 0.29) is 10.5 Å². The van der Waals surface area contributed by atoms with Crippen molar-refractivity contribution in [2.75, 3.05) is 5.75 Å². The van der Waals surface area contributed by atoms with Crippen LogP contribution in [0.5, 0.6) is 0 Å². The minimum absolute atomic E-state index is 0.0564. The van der Waals surface area contributed by atoms with Gasteiger partial charge in [-0.2, -0.15) is 13.2 Å². The maximum absolute atomic E-state index is 12.5. The van der Waals surface area contributed by atoms with E-state index >= 15 is 0 Å². The van der Waals surface area contributed by atoms with Gasteiger partial charge in [-0.05, 0) is 48.5 Å². The van der Waals surface area contributed by atoms with Gasteiger partial charge in [0.15, 0.2) is 15.7 Å². The van der Waals surface area contributed by atoms with Gasteiger partial charge >= 0.3 is 12.1 Å². The lowest BCUT2D eigenvalue weighted by Crippen LogP contribution is -2.24. The molecule has 0 unspecified atom stereocenters. The fourth-order valence-electron chi connectivity index (χ4n) is 1.89. The fraction of sp³-hybridized carbons (Fsp3) is 0.125. The number of hydrogen-bond donors (Lipinski definition) is 1. The maximum atomic E-state index is 12.5. The van der Waals surface area contributed by atoms with Crippen LogP contribution in [0, 0.1) is 0 Å². The Kier molecular flexibility index (Phi) is 6.11. The molecule has 0 aliphatic heterocycles. The minimum Gasteiger partial charge on any atom is -0.384 e. The van der Waals surface area contributed by atoms with Crippen LogP contribution in [0.3, 0.4) is 0 Å². The highest BCUT2D eigenvalue weighted by Crippen LogP contribution is 2.29. The fourth-order valence-corrected chi connectivity index (χ4v) is 3.18. The second kappa shape index (κ2) is 7.97. The SMILES string of the molecule is N/C(CS(=O)(=O)c1ccc(Cl)cc1)=N/OC(=O)c1ccc(C(F)(F)F)cc1. The highest BCUT2D eigenvalue weighted by Gasteiger charge is 2.30. The van der Waals surface area contributed by atoms with Gasteiger partial charge in [0.05, 0.1) is 16.0 Å². The van der Waals surface area contributed by atoms with Gasteiger partial charge in [0.1, 0.15) is 5.75 Å². The van der Waals surface area contributed by atoms with E-state index in [0.717, 1.165) is 12.1 Å². The molecule has 0 aliphatic carbocycles. The molecule has 0 saturated carbocycles. The number of oxime groups is 1. The predicted octanol–water partition coefficient (Wildman–Crippen LogP) is 3.26. The standard InChI is InChI=1S/C16H12ClF3N2O4S/c17-12-5-7-13(8-6-12)27(24,25)9-14(21)22-26-15(23)10-1-3-11(4-2-10)16(18,19)20/h1-8H,9H2,(H2,21,22). The number of carbonyl (C=O) groups is 1. The molecule has 11 heteroatoms. The number of carbonyl (C=O) groups excluding carboxylic acids is 1. The second-order valence-electron chi connectivity index (χ2n) is 5.25. The average molecular weight is 421 g/mol. The van der Waals surface area contributed by atoms with Gasteiger partial charge < -0.3 is 10.6 Å². The molecule has 0 aliphatic rings. The summed E-state index contributed by atoms with van der Waals surface area (Å²) in [7, 11) is -3.84. The summed E-state index contributed by atoms with van der Waals surface area (Å²) in [5, 5.41) is 3.57. The number of halogens is 4. The number of alkyl halides is 3. The smallest absolute Gasteiger partial charge is 0.384 e. The molecule has 0 amide bonds. The first-order chi connectivity index (χ1) is 12.5. The van der Waals surface area contributed by atoms with Gasteiger partial charge in [-0.15, -0.1) is 0 Å². The number of nitrogens with two attached hydrogens (primary N) is 1. The highest BCUT2D eigenvalue weighted by atomic mass is 35.5. The van der Waals surface area contributed by atoms with Gasteiger partial charge in [0.2, 0.25) is 0 Å². The topological polar surface area (TPSA) is 98.8 Å². The third-order valence-electron chi connectivity index (χ3n) is 3.20. The van der Waals surface area contributed by atoms with Crippen molar-refractivity contribution in [3.8, 4) is 0 Å². The van der Waals surface area contributed by atoms with Crippen molar-refractivity contribution < 1.29 is 31.2 Å². The van der Waals surface area contributed by atoms with Crippen molar-refractivity contribution >= 4 is 33.2 Å². The number of nitrogens with zero attached hydrogens (tertiary/aromatic N) is 1. The van der Waals surface area contributed by atoms with Crippen LogP contribution < -0.4 is 5.73 Å².